The Morgan fingerprint density at radius 1 is 1.03 bits per heavy atom. The number of quaternary nitrogens is 1. The average molecular weight is 418 g/mol. The molecule has 1 atom stereocenters. The monoisotopic (exact) mass is 417 g/mol. The van der Waals surface area contributed by atoms with E-state index in [1.54, 1.807) is 18.2 Å². The van der Waals surface area contributed by atoms with Gasteiger partial charge in [0.2, 0.25) is 0 Å². The predicted molar refractivity (Wildman–Crippen MR) is 118 cm³/mol. The molecule has 2 aromatic rings. The summed E-state index contributed by atoms with van der Waals surface area (Å²) in [5, 5.41) is 4.75. The maximum Gasteiger partial charge on any atom is 0.279 e. The third-order valence-electron chi connectivity index (χ3n) is 5.00. The predicted octanol–water partition coefficient (Wildman–Crippen LogP) is 3.29. The lowest BCUT2D eigenvalue weighted by Gasteiger charge is -2.22. The van der Waals surface area contributed by atoms with Crippen molar-refractivity contribution >= 4 is 21.4 Å². The molecule has 3 N–H and O–H groups in total. The smallest absolute Gasteiger partial charge is 0.279 e. The SMILES string of the molecule is CC(C)[C@@H]([NH2+]CC(=O)Nc1ccccc1S(C)(=O)=O)c1ccc(C(C)(C)C)cc1. The number of rotatable bonds is 7. The van der Waals surface area contributed by atoms with Crippen LogP contribution in [0.5, 0.6) is 0 Å². The summed E-state index contributed by atoms with van der Waals surface area (Å²) in [4.78, 5) is 12.6. The van der Waals surface area contributed by atoms with Gasteiger partial charge in [0, 0.05) is 17.7 Å². The fraction of sp³-hybridized carbons (Fsp3) is 0.435. The third-order valence-corrected chi connectivity index (χ3v) is 6.15. The number of hydrogen-bond acceptors (Lipinski definition) is 3. The molecule has 0 bridgehead atoms. The van der Waals surface area contributed by atoms with E-state index in [1.165, 1.54) is 17.2 Å². The van der Waals surface area contributed by atoms with Crippen LogP contribution in [0.25, 0.3) is 0 Å². The Labute approximate surface area is 174 Å². The highest BCUT2D eigenvalue weighted by Gasteiger charge is 2.22. The number of benzene rings is 2. The Kier molecular flexibility index (Phi) is 7.25. The van der Waals surface area contributed by atoms with Crippen LogP contribution in [0.15, 0.2) is 53.4 Å². The van der Waals surface area contributed by atoms with Gasteiger partial charge in [0.25, 0.3) is 5.91 Å². The maximum atomic E-state index is 12.5. The van der Waals surface area contributed by atoms with Crippen molar-refractivity contribution in [1.29, 1.82) is 0 Å². The molecular weight excluding hydrogens is 384 g/mol. The third kappa shape index (κ3) is 6.41. The van der Waals surface area contributed by atoms with Crippen LogP contribution in [-0.4, -0.2) is 27.1 Å². The first-order chi connectivity index (χ1) is 13.4. The van der Waals surface area contributed by atoms with Crippen LogP contribution in [0.2, 0.25) is 0 Å². The summed E-state index contributed by atoms with van der Waals surface area (Å²) in [5.41, 5.74) is 2.88. The van der Waals surface area contributed by atoms with Crippen LogP contribution in [0.3, 0.4) is 0 Å². The first-order valence-electron chi connectivity index (χ1n) is 9.92. The second kappa shape index (κ2) is 9.09. The number of hydrogen-bond donors (Lipinski definition) is 2. The topological polar surface area (TPSA) is 79.8 Å². The zero-order valence-corrected chi connectivity index (χ0v) is 19.0. The van der Waals surface area contributed by atoms with Crippen molar-refractivity contribution in [3.05, 3.63) is 59.7 Å². The molecule has 29 heavy (non-hydrogen) atoms. The van der Waals surface area contributed by atoms with E-state index < -0.39 is 9.84 Å². The van der Waals surface area contributed by atoms with E-state index in [0.29, 0.717) is 11.6 Å². The Morgan fingerprint density at radius 3 is 2.14 bits per heavy atom. The normalized spacial score (nSPS) is 13.3. The fourth-order valence-corrected chi connectivity index (χ4v) is 4.17. The molecule has 158 valence electrons. The van der Waals surface area contributed by atoms with Crippen molar-refractivity contribution in [2.24, 2.45) is 5.92 Å². The summed E-state index contributed by atoms with van der Waals surface area (Å²) in [6.07, 6.45) is 1.14. The van der Waals surface area contributed by atoms with Gasteiger partial charge in [0.15, 0.2) is 16.4 Å². The van der Waals surface area contributed by atoms with E-state index >= 15 is 0 Å². The van der Waals surface area contributed by atoms with Crippen LogP contribution in [0.4, 0.5) is 5.69 Å². The van der Waals surface area contributed by atoms with Gasteiger partial charge >= 0.3 is 0 Å². The van der Waals surface area contributed by atoms with E-state index in [9.17, 15) is 13.2 Å². The second-order valence-electron chi connectivity index (χ2n) is 8.90. The lowest BCUT2D eigenvalue weighted by molar-refractivity contribution is -0.692. The molecule has 0 spiro atoms. The van der Waals surface area contributed by atoms with Gasteiger partial charge in [-0.15, -0.1) is 0 Å². The van der Waals surface area contributed by atoms with Gasteiger partial charge in [-0.3, -0.25) is 4.79 Å². The molecule has 0 aliphatic rings. The lowest BCUT2D eigenvalue weighted by Crippen LogP contribution is -2.88. The van der Waals surface area contributed by atoms with Crippen LogP contribution in [0, 0.1) is 5.92 Å². The molecule has 2 aromatic carbocycles. The largest absolute Gasteiger partial charge is 0.332 e. The van der Waals surface area contributed by atoms with Gasteiger partial charge in [-0.25, -0.2) is 8.42 Å². The van der Waals surface area contributed by atoms with Crippen molar-refractivity contribution < 1.29 is 18.5 Å². The molecular formula is C23H33N2O3S+. The Bertz CT molecular complexity index is 943. The molecule has 1 amide bonds. The number of amides is 1. The minimum atomic E-state index is -3.41. The number of carbonyl (C=O) groups is 1. The maximum absolute atomic E-state index is 12.5. The highest BCUT2D eigenvalue weighted by Crippen LogP contribution is 2.25. The average Bonchev–Trinajstić information content (AvgIpc) is 2.61. The lowest BCUT2D eigenvalue weighted by atomic mass is 9.85. The fourth-order valence-electron chi connectivity index (χ4n) is 3.33. The molecule has 0 unspecified atom stereocenters. The second-order valence-corrected chi connectivity index (χ2v) is 10.9. The first kappa shape index (κ1) is 23.1. The summed E-state index contributed by atoms with van der Waals surface area (Å²) >= 11 is 0. The number of anilines is 1. The van der Waals surface area contributed by atoms with Crippen molar-refractivity contribution in [2.45, 2.75) is 51.0 Å². The number of carbonyl (C=O) groups excluding carboxylic acids is 1. The summed E-state index contributed by atoms with van der Waals surface area (Å²) in [6, 6.07) is 15.2. The van der Waals surface area contributed by atoms with E-state index in [2.05, 4.69) is 64.2 Å². The Hall–Kier alpha value is -2.18. The summed E-state index contributed by atoms with van der Waals surface area (Å²) in [7, 11) is -3.41. The van der Waals surface area contributed by atoms with Crippen molar-refractivity contribution in [3.8, 4) is 0 Å². The van der Waals surface area contributed by atoms with Crippen LogP contribution in [-0.2, 0) is 20.0 Å². The molecule has 0 radical (unpaired) electrons. The number of para-hydroxylation sites is 1. The molecule has 0 saturated heterocycles. The van der Waals surface area contributed by atoms with Gasteiger partial charge < -0.3 is 10.6 Å². The van der Waals surface area contributed by atoms with Gasteiger partial charge in [-0.1, -0.05) is 71.0 Å². The molecule has 0 aromatic heterocycles. The van der Waals surface area contributed by atoms with Crippen molar-refractivity contribution in [3.63, 3.8) is 0 Å². The molecule has 0 fully saturated rings. The Balaban J connectivity index is 2.09. The van der Waals surface area contributed by atoms with Crippen molar-refractivity contribution in [1.82, 2.24) is 0 Å². The minimum absolute atomic E-state index is 0.0997. The van der Waals surface area contributed by atoms with Crippen LogP contribution in [0.1, 0.15) is 51.8 Å². The van der Waals surface area contributed by atoms with Crippen molar-refractivity contribution in [2.75, 3.05) is 18.1 Å². The summed E-state index contributed by atoms with van der Waals surface area (Å²) in [5.74, 6) is 0.115. The molecule has 5 nitrogen and oxygen atoms in total. The van der Waals surface area contributed by atoms with Gasteiger partial charge in [0.05, 0.1) is 10.6 Å². The van der Waals surface area contributed by atoms with E-state index in [4.69, 9.17) is 0 Å². The molecule has 2 rings (SSSR count). The van der Waals surface area contributed by atoms with E-state index in [1.807, 2.05) is 5.32 Å². The summed E-state index contributed by atoms with van der Waals surface area (Å²) < 4.78 is 23.8. The number of sulfone groups is 1. The standard InChI is InChI=1S/C23H32N2O3S/c1-16(2)22(17-11-13-18(14-12-17)23(3,4)5)24-15-21(26)25-19-9-7-8-10-20(19)29(6,27)28/h7-14,16,22,24H,15H2,1-6H3,(H,25,26)/p+1/t22-/m1/s1. The quantitative estimate of drug-likeness (QED) is 0.725. The zero-order chi connectivity index (χ0) is 21.8. The molecule has 0 heterocycles. The van der Waals surface area contributed by atoms with Gasteiger partial charge in [-0.2, -0.15) is 0 Å². The summed E-state index contributed by atoms with van der Waals surface area (Å²) in [6.45, 7) is 11.0. The number of nitrogens with one attached hydrogen (secondary N) is 1. The molecule has 6 heteroatoms. The minimum Gasteiger partial charge on any atom is -0.332 e. The Morgan fingerprint density at radius 2 is 1.62 bits per heavy atom. The van der Waals surface area contributed by atoms with Crippen LogP contribution >= 0.6 is 0 Å². The highest BCUT2D eigenvalue weighted by molar-refractivity contribution is 7.90. The molecule has 0 aliphatic carbocycles. The molecule has 0 aliphatic heterocycles. The molecule has 0 saturated carbocycles. The van der Waals surface area contributed by atoms with E-state index in [-0.39, 0.29) is 28.8 Å². The van der Waals surface area contributed by atoms with Crippen LogP contribution < -0.4 is 10.6 Å². The van der Waals surface area contributed by atoms with E-state index in [0.717, 1.165) is 6.26 Å². The first-order valence-corrected chi connectivity index (χ1v) is 11.8. The van der Waals surface area contributed by atoms with Gasteiger partial charge in [-0.05, 0) is 23.1 Å². The highest BCUT2D eigenvalue weighted by atomic mass is 32.2. The zero-order valence-electron chi connectivity index (χ0n) is 18.2. The number of nitrogens with two attached hydrogens (primary N) is 1. The van der Waals surface area contributed by atoms with Gasteiger partial charge in [0.1, 0.15) is 6.04 Å².